The number of halogens is 1. The van der Waals surface area contributed by atoms with Crippen LogP contribution in [0.1, 0.15) is 10.4 Å². The molecule has 1 saturated heterocycles. The standard InChI is InChI=1S/C16H17BrN2O3S3/c1-23-13-5-3-2-4-12(13)16(20)18-8-10-19(11-9-18)25(21,22)15-7-6-14(17)24-15/h2-7H,8-11H2,1H3. The van der Waals surface area contributed by atoms with Crippen LogP contribution in [0.25, 0.3) is 0 Å². The molecule has 0 atom stereocenters. The van der Waals surface area contributed by atoms with Crippen LogP contribution in [0.15, 0.2) is 49.3 Å². The van der Waals surface area contributed by atoms with Crippen LogP contribution < -0.4 is 0 Å². The molecule has 25 heavy (non-hydrogen) atoms. The Labute approximate surface area is 164 Å². The maximum absolute atomic E-state index is 12.7. The number of sulfonamides is 1. The molecule has 1 aliphatic heterocycles. The second-order valence-corrected chi connectivity index (χ2v) is 10.9. The van der Waals surface area contributed by atoms with Crippen LogP contribution in [0.5, 0.6) is 0 Å². The van der Waals surface area contributed by atoms with Crippen molar-refractivity contribution in [2.45, 2.75) is 9.10 Å². The molecule has 1 fully saturated rings. The Bertz CT molecular complexity index is 874. The zero-order valence-corrected chi connectivity index (χ0v) is 17.5. The average molecular weight is 461 g/mol. The minimum Gasteiger partial charge on any atom is -0.336 e. The monoisotopic (exact) mass is 460 g/mol. The molecule has 9 heteroatoms. The number of piperazine rings is 1. The average Bonchev–Trinajstić information content (AvgIpc) is 3.08. The summed E-state index contributed by atoms with van der Waals surface area (Å²) in [6.45, 7) is 1.41. The van der Waals surface area contributed by atoms with E-state index >= 15 is 0 Å². The summed E-state index contributed by atoms with van der Waals surface area (Å²) in [4.78, 5) is 15.4. The van der Waals surface area contributed by atoms with Crippen molar-refractivity contribution in [2.24, 2.45) is 0 Å². The van der Waals surface area contributed by atoms with Gasteiger partial charge in [-0.25, -0.2) is 8.42 Å². The van der Waals surface area contributed by atoms with Crippen LogP contribution in [-0.4, -0.2) is 56.0 Å². The maximum Gasteiger partial charge on any atom is 0.255 e. The maximum atomic E-state index is 12.7. The molecule has 0 unspecified atom stereocenters. The van der Waals surface area contributed by atoms with Gasteiger partial charge in [0, 0.05) is 31.1 Å². The Hall–Kier alpha value is -0.870. The van der Waals surface area contributed by atoms with Crippen molar-refractivity contribution in [1.29, 1.82) is 0 Å². The highest BCUT2D eigenvalue weighted by Gasteiger charge is 2.31. The zero-order valence-electron chi connectivity index (χ0n) is 13.5. The van der Waals surface area contributed by atoms with E-state index in [1.54, 1.807) is 17.0 Å². The number of carbonyl (C=O) groups is 1. The quantitative estimate of drug-likeness (QED) is 0.656. The van der Waals surface area contributed by atoms with E-state index in [-0.39, 0.29) is 5.91 Å². The van der Waals surface area contributed by atoms with Crippen molar-refractivity contribution in [2.75, 3.05) is 32.4 Å². The summed E-state index contributed by atoms with van der Waals surface area (Å²) in [5.74, 6) is -0.0409. The van der Waals surface area contributed by atoms with E-state index < -0.39 is 10.0 Å². The van der Waals surface area contributed by atoms with Crippen molar-refractivity contribution in [3.8, 4) is 0 Å². The third-order valence-corrected chi connectivity index (χ3v) is 8.79. The molecule has 1 aromatic heterocycles. The lowest BCUT2D eigenvalue weighted by Crippen LogP contribution is -2.50. The molecule has 0 N–H and O–H groups in total. The number of nitrogens with zero attached hydrogens (tertiary/aromatic N) is 2. The number of thiophene rings is 1. The number of hydrogen-bond donors (Lipinski definition) is 0. The van der Waals surface area contributed by atoms with Crippen LogP contribution in [0.4, 0.5) is 0 Å². The Morgan fingerprint density at radius 3 is 2.40 bits per heavy atom. The first-order valence-electron chi connectivity index (χ1n) is 7.61. The number of benzene rings is 1. The summed E-state index contributed by atoms with van der Waals surface area (Å²) in [7, 11) is -3.49. The van der Waals surface area contributed by atoms with E-state index in [9.17, 15) is 13.2 Å². The van der Waals surface area contributed by atoms with Crippen molar-refractivity contribution < 1.29 is 13.2 Å². The van der Waals surface area contributed by atoms with Crippen molar-refractivity contribution in [3.05, 3.63) is 45.7 Å². The topological polar surface area (TPSA) is 57.7 Å². The van der Waals surface area contributed by atoms with Crippen LogP contribution in [0, 0.1) is 0 Å². The third kappa shape index (κ3) is 3.95. The molecule has 3 rings (SSSR count). The van der Waals surface area contributed by atoms with Crippen LogP contribution in [0.2, 0.25) is 0 Å². The molecule has 1 aromatic carbocycles. The SMILES string of the molecule is CSc1ccccc1C(=O)N1CCN(S(=O)(=O)c2ccc(Br)s2)CC1. The first kappa shape index (κ1) is 18.9. The molecule has 1 amide bonds. The zero-order chi connectivity index (χ0) is 18.0. The molecule has 1 aliphatic rings. The summed E-state index contributed by atoms with van der Waals surface area (Å²) in [5, 5.41) is 0. The largest absolute Gasteiger partial charge is 0.336 e. The van der Waals surface area contributed by atoms with Gasteiger partial charge in [-0.05, 0) is 46.5 Å². The van der Waals surface area contributed by atoms with Gasteiger partial charge in [-0.2, -0.15) is 4.31 Å². The summed E-state index contributed by atoms with van der Waals surface area (Å²) >= 11 is 6.03. The van der Waals surface area contributed by atoms with Gasteiger partial charge in [-0.1, -0.05) is 12.1 Å². The fourth-order valence-corrected chi connectivity index (χ4v) is 6.86. The van der Waals surface area contributed by atoms with Crippen LogP contribution in [-0.2, 0) is 10.0 Å². The van der Waals surface area contributed by atoms with Gasteiger partial charge < -0.3 is 4.90 Å². The fourth-order valence-electron chi connectivity index (χ4n) is 2.69. The van der Waals surface area contributed by atoms with E-state index in [0.29, 0.717) is 36.0 Å². The van der Waals surface area contributed by atoms with Gasteiger partial charge in [0.05, 0.1) is 9.35 Å². The molecule has 5 nitrogen and oxygen atoms in total. The molecule has 0 bridgehead atoms. The van der Waals surface area contributed by atoms with Gasteiger partial charge in [0.2, 0.25) is 0 Å². The predicted molar refractivity (Wildman–Crippen MR) is 105 cm³/mol. The van der Waals surface area contributed by atoms with E-state index in [1.807, 2.05) is 30.5 Å². The minimum atomic E-state index is -3.49. The highest BCUT2D eigenvalue weighted by Crippen LogP contribution is 2.29. The molecule has 2 aromatic rings. The lowest BCUT2D eigenvalue weighted by molar-refractivity contribution is 0.0694. The van der Waals surface area contributed by atoms with E-state index in [4.69, 9.17) is 0 Å². The first-order valence-corrected chi connectivity index (χ1v) is 11.9. The van der Waals surface area contributed by atoms with Gasteiger partial charge in [-0.3, -0.25) is 4.79 Å². The van der Waals surface area contributed by atoms with E-state index in [0.717, 1.165) is 8.68 Å². The van der Waals surface area contributed by atoms with Crippen molar-refractivity contribution in [3.63, 3.8) is 0 Å². The minimum absolute atomic E-state index is 0.0409. The normalized spacial score (nSPS) is 16.2. The van der Waals surface area contributed by atoms with Gasteiger partial charge in [0.15, 0.2) is 0 Å². The summed E-state index contributed by atoms with van der Waals surface area (Å²) < 4.78 is 27.9. The third-order valence-electron chi connectivity index (χ3n) is 4.01. The van der Waals surface area contributed by atoms with Crippen LogP contribution >= 0.6 is 39.0 Å². The summed E-state index contributed by atoms with van der Waals surface area (Å²) in [6, 6.07) is 10.8. The predicted octanol–water partition coefficient (Wildman–Crippen LogP) is 3.38. The summed E-state index contributed by atoms with van der Waals surface area (Å²) in [5.41, 5.74) is 0.675. The molecule has 2 heterocycles. The molecular weight excluding hydrogens is 444 g/mol. The molecule has 0 radical (unpaired) electrons. The first-order chi connectivity index (χ1) is 11.9. The summed E-state index contributed by atoms with van der Waals surface area (Å²) in [6.07, 6.45) is 1.94. The van der Waals surface area contributed by atoms with Gasteiger partial charge in [0.1, 0.15) is 4.21 Å². The number of carbonyl (C=O) groups excluding carboxylic acids is 1. The van der Waals surface area contributed by atoms with Crippen LogP contribution in [0.3, 0.4) is 0 Å². The lowest BCUT2D eigenvalue weighted by atomic mass is 10.2. The van der Waals surface area contributed by atoms with Gasteiger partial charge in [0.25, 0.3) is 15.9 Å². The Balaban J connectivity index is 1.70. The number of rotatable bonds is 4. The Morgan fingerprint density at radius 2 is 1.80 bits per heavy atom. The highest BCUT2D eigenvalue weighted by atomic mass is 79.9. The fraction of sp³-hybridized carbons (Fsp3) is 0.312. The Morgan fingerprint density at radius 1 is 1.12 bits per heavy atom. The number of hydrogen-bond acceptors (Lipinski definition) is 5. The number of amides is 1. The van der Waals surface area contributed by atoms with E-state index in [1.165, 1.54) is 27.4 Å². The smallest absolute Gasteiger partial charge is 0.255 e. The Kier molecular flexibility index (Phi) is 5.89. The molecule has 134 valence electrons. The second-order valence-electron chi connectivity index (χ2n) is 5.46. The van der Waals surface area contributed by atoms with Gasteiger partial charge in [-0.15, -0.1) is 23.1 Å². The molecule has 0 aliphatic carbocycles. The second kappa shape index (κ2) is 7.79. The molecular formula is C16H17BrN2O3S3. The van der Waals surface area contributed by atoms with Crippen molar-refractivity contribution >= 4 is 55.0 Å². The highest BCUT2D eigenvalue weighted by molar-refractivity contribution is 9.11. The van der Waals surface area contributed by atoms with E-state index in [2.05, 4.69) is 15.9 Å². The number of thioether (sulfide) groups is 1. The van der Waals surface area contributed by atoms with Crippen molar-refractivity contribution in [1.82, 2.24) is 9.21 Å². The lowest BCUT2D eigenvalue weighted by Gasteiger charge is -2.34. The molecule has 0 saturated carbocycles. The van der Waals surface area contributed by atoms with Gasteiger partial charge >= 0.3 is 0 Å². The molecule has 0 spiro atoms.